The van der Waals surface area contributed by atoms with E-state index in [0.29, 0.717) is 6.54 Å². The van der Waals surface area contributed by atoms with Crippen molar-refractivity contribution in [2.24, 2.45) is 0 Å². The third-order valence-electron chi connectivity index (χ3n) is 4.49. The molecule has 1 saturated heterocycles. The van der Waals surface area contributed by atoms with Crippen LogP contribution in [0.2, 0.25) is 0 Å². The van der Waals surface area contributed by atoms with Gasteiger partial charge in [-0.25, -0.2) is 0 Å². The smallest absolute Gasteiger partial charge is 0.227 e. The second-order valence-electron chi connectivity index (χ2n) is 6.07. The van der Waals surface area contributed by atoms with Gasteiger partial charge in [-0.15, -0.1) is 0 Å². The van der Waals surface area contributed by atoms with Crippen LogP contribution in [0.4, 0.5) is 0 Å². The maximum Gasteiger partial charge on any atom is 0.227 e. The molecule has 0 bridgehead atoms. The number of fused-ring (bicyclic) bond motifs is 1. The van der Waals surface area contributed by atoms with Crippen molar-refractivity contribution >= 4 is 16.7 Å². The lowest BCUT2D eigenvalue weighted by Gasteiger charge is -2.16. The molecule has 0 radical (unpaired) electrons. The average molecular weight is 313 g/mol. The highest BCUT2D eigenvalue weighted by Gasteiger charge is 2.19. The van der Waals surface area contributed by atoms with Gasteiger partial charge in [0.25, 0.3) is 0 Å². The second-order valence-corrected chi connectivity index (χ2v) is 6.07. The van der Waals surface area contributed by atoms with Crippen molar-refractivity contribution in [2.45, 2.75) is 31.8 Å². The minimum atomic E-state index is -0.178. The molecule has 122 valence electrons. The van der Waals surface area contributed by atoms with Gasteiger partial charge < -0.3 is 14.8 Å². The summed E-state index contributed by atoms with van der Waals surface area (Å²) in [6.45, 7) is 3.35. The molecule has 1 N–H and O–H groups in total. The molecule has 1 heterocycles. The predicted octanol–water partition coefficient (Wildman–Crippen LogP) is 3.25. The molecular formula is C19H23NO3. The van der Waals surface area contributed by atoms with E-state index >= 15 is 0 Å². The van der Waals surface area contributed by atoms with Gasteiger partial charge in [0.2, 0.25) is 5.91 Å². The van der Waals surface area contributed by atoms with Crippen molar-refractivity contribution in [1.82, 2.24) is 5.32 Å². The van der Waals surface area contributed by atoms with Crippen molar-refractivity contribution in [3.05, 3.63) is 42.0 Å². The molecule has 0 aliphatic carbocycles. The van der Waals surface area contributed by atoms with Gasteiger partial charge in [-0.3, -0.25) is 4.79 Å². The molecule has 4 nitrogen and oxygen atoms in total. The van der Waals surface area contributed by atoms with E-state index in [1.54, 1.807) is 7.11 Å². The highest BCUT2D eigenvalue weighted by atomic mass is 16.5. The summed E-state index contributed by atoms with van der Waals surface area (Å²) in [6, 6.07) is 12.1. The Hall–Kier alpha value is -2.07. The van der Waals surface area contributed by atoms with Crippen molar-refractivity contribution in [1.29, 1.82) is 0 Å². The molecule has 2 atom stereocenters. The molecule has 3 rings (SSSR count). The molecule has 2 aromatic carbocycles. The normalized spacial score (nSPS) is 18.8. The number of hydrogen-bond donors (Lipinski definition) is 1. The van der Waals surface area contributed by atoms with Gasteiger partial charge >= 0.3 is 0 Å². The Kier molecular flexibility index (Phi) is 4.82. The maximum absolute atomic E-state index is 12.4. The molecule has 0 aromatic heterocycles. The van der Waals surface area contributed by atoms with E-state index in [-0.39, 0.29) is 17.9 Å². The number of carbonyl (C=O) groups excluding carboxylic acids is 1. The third-order valence-corrected chi connectivity index (χ3v) is 4.49. The van der Waals surface area contributed by atoms with Gasteiger partial charge in [0, 0.05) is 13.2 Å². The number of rotatable bonds is 5. The van der Waals surface area contributed by atoms with Crippen molar-refractivity contribution in [3.63, 3.8) is 0 Å². The molecule has 0 saturated carbocycles. The molecule has 0 unspecified atom stereocenters. The number of amides is 1. The first kappa shape index (κ1) is 15.8. The summed E-state index contributed by atoms with van der Waals surface area (Å²) in [5.41, 5.74) is 1.02. The summed E-state index contributed by atoms with van der Waals surface area (Å²) in [4.78, 5) is 12.4. The van der Waals surface area contributed by atoms with Crippen LogP contribution in [0.3, 0.4) is 0 Å². The summed E-state index contributed by atoms with van der Waals surface area (Å²) in [5.74, 6) is 0.712. The van der Waals surface area contributed by atoms with E-state index < -0.39 is 0 Å². The maximum atomic E-state index is 12.4. The van der Waals surface area contributed by atoms with Gasteiger partial charge in [-0.2, -0.15) is 0 Å². The number of methoxy groups -OCH3 is 1. The molecule has 23 heavy (non-hydrogen) atoms. The van der Waals surface area contributed by atoms with Crippen molar-refractivity contribution < 1.29 is 14.3 Å². The first-order chi connectivity index (χ1) is 11.2. The Morgan fingerprint density at radius 3 is 2.83 bits per heavy atom. The first-order valence-corrected chi connectivity index (χ1v) is 8.14. The third kappa shape index (κ3) is 3.64. The summed E-state index contributed by atoms with van der Waals surface area (Å²) in [6.07, 6.45) is 2.30. The van der Waals surface area contributed by atoms with Crippen molar-refractivity contribution in [2.75, 3.05) is 20.3 Å². The van der Waals surface area contributed by atoms with Gasteiger partial charge in [0.1, 0.15) is 5.75 Å². The van der Waals surface area contributed by atoms with Crippen LogP contribution in [0.25, 0.3) is 10.8 Å². The van der Waals surface area contributed by atoms with Gasteiger partial charge in [0.15, 0.2) is 0 Å². The molecule has 1 fully saturated rings. The van der Waals surface area contributed by atoms with Crippen LogP contribution in [0.15, 0.2) is 36.4 Å². The van der Waals surface area contributed by atoms with Crippen molar-refractivity contribution in [3.8, 4) is 5.75 Å². The summed E-state index contributed by atoms with van der Waals surface area (Å²) in [5, 5.41) is 5.23. The van der Waals surface area contributed by atoms with Gasteiger partial charge in [-0.05, 0) is 48.2 Å². The number of carbonyl (C=O) groups is 1. The number of ether oxygens (including phenoxy) is 2. The van der Waals surface area contributed by atoms with E-state index in [1.165, 1.54) is 0 Å². The summed E-state index contributed by atoms with van der Waals surface area (Å²) in [7, 11) is 1.66. The minimum absolute atomic E-state index is 0.0494. The van der Waals surface area contributed by atoms with E-state index in [0.717, 1.165) is 41.5 Å². The Morgan fingerprint density at radius 1 is 1.30 bits per heavy atom. The van der Waals surface area contributed by atoms with Crippen LogP contribution in [-0.2, 0) is 9.53 Å². The molecular weight excluding hydrogens is 290 g/mol. The Morgan fingerprint density at radius 2 is 2.09 bits per heavy atom. The number of nitrogens with one attached hydrogen (secondary N) is 1. The standard InChI is InChI=1S/C19H23NO3/c1-13(19(21)20-12-18-4-3-9-23-18)14-5-6-16-11-17(22-2)8-7-15(16)10-14/h5-8,10-11,13,18H,3-4,9,12H2,1-2H3,(H,20,21)/t13-,18+/m1/s1. The fourth-order valence-electron chi connectivity index (χ4n) is 2.96. The zero-order valence-electron chi connectivity index (χ0n) is 13.7. The fraction of sp³-hybridized carbons (Fsp3) is 0.421. The SMILES string of the molecule is COc1ccc2cc([C@@H](C)C(=O)NC[C@@H]3CCCO3)ccc2c1. The summed E-state index contributed by atoms with van der Waals surface area (Å²) >= 11 is 0. The van der Waals surface area contributed by atoms with Crippen LogP contribution in [0.1, 0.15) is 31.2 Å². The minimum Gasteiger partial charge on any atom is -0.497 e. The van der Waals surface area contributed by atoms with Gasteiger partial charge in [-0.1, -0.05) is 24.3 Å². The Balaban J connectivity index is 1.69. The first-order valence-electron chi connectivity index (χ1n) is 8.14. The quantitative estimate of drug-likeness (QED) is 0.922. The topological polar surface area (TPSA) is 47.6 Å². The van der Waals surface area contributed by atoms with E-state index in [2.05, 4.69) is 11.4 Å². The van der Waals surface area contributed by atoms with Crippen LogP contribution in [0.5, 0.6) is 5.75 Å². The Labute approximate surface area is 136 Å². The van der Waals surface area contributed by atoms with E-state index in [4.69, 9.17) is 9.47 Å². The zero-order chi connectivity index (χ0) is 16.2. The Bertz CT molecular complexity index is 692. The monoisotopic (exact) mass is 313 g/mol. The lowest BCUT2D eigenvalue weighted by Crippen LogP contribution is -2.34. The largest absolute Gasteiger partial charge is 0.497 e. The highest BCUT2D eigenvalue weighted by Crippen LogP contribution is 2.25. The predicted molar refractivity (Wildman–Crippen MR) is 90.9 cm³/mol. The van der Waals surface area contributed by atoms with Gasteiger partial charge in [0.05, 0.1) is 19.1 Å². The van der Waals surface area contributed by atoms with E-state index in [9.17, 15) is 4.79 Å². The van der Waals surface area contributed by atoms with Crippen LogP contribution < -0.4 is 10.1 Å². The lowest BCUT2D eigenvalue weighted by molar-refractivity contribution is -0.122. The molecule has 1 aliphatic rings. The molecule has 4 heteroatoms. The van der Waals surface area contributed by atoms with Crippen LogP contribution >= 0.6 is 0 Å². The number of benzene rings is 2. The zero-order valence-corrected chi connectivity index (χ0v) is 13.7. The van der Waals surface area contributed by atoms with Crippen LogP contribution in [0, 0.1) is 0 Å². The molecule has 2 aromatic rings. The number of hydrogen-bond acceptors (Lipinski definition) is 3. The molecule has 0 spiro atoms. The van der Waals surface area contributed by atoms with Crippen LogP contribution in [-0.4, -0.2) is 32.3 Å². The highest BCUT2D eigenvalue weighted by molar-refractivity contribution is 5.88. The fourth-order valence-corrected chi connectivity index (χ4v) is 2.96. The second kappa shape index (κ2) is 7.01. The summed E-state index contributed by atoms with van der Waals surface area (Å²) < 4.78 is 10.8. The lowest BCUT2D eigenvalue weighted by atomic mass is 9.97. The molecule has 1 amide bonds. The molecule has 1 aliphatic heterocycles. The van der Waals surface area contributed by atoms with E-state index in [1.807, 2.05) is 37.3 Å². The average Bonchev–Trinajstić information content (AvgIpc) is 3.11.